The lowest BCUT2D eigenvalue weighted by molar-refractivity contribution is 0.102. The molecule has 1 aliphatic heterocycles. The van der Waals surface area contributed by atoms with Gasteiger partial charge in [-0.05, 0) is 49.6 Å². The summed E-state index contributed by atoms with van der Waals surface area (Å²) in [5.41, 5.74) is 2.10. The summed E-state index contributed by atoms with van der Waals surface area (Å²) in [6.07, 6.45) is 3.89. The number of halogens is 1. The van der Waals surface area contributed by atoms with Crippen LogP contribution in [0.2, 0.25) is 0 Å². The molecule has 0 spiro atoms. The molecule has 1 aliphatic rings. The molecule has 24 heavy (non-hydrogen) atoms. The Hall–Kier alpha value is -1.99. The van der Waals surface area contributed by atoms with Crippen LogP contribution < -0.4 is 10.6 Å². The van der Waals surface area contributed by atoms with E-state index in [4.69, 9.17) is 4.74 Å². The molecule has 1 aromatic heterocycles. The highest BCUT2D eigenvalue weighted by Gasteiger charge is 2.16. The molecule has 1 unspecified atom stereocenters. The van der Waals surface area contributed by atoms with E-state index in [9.17, 15) is 4.79 Å². The number of rotatable bonds is 5. The highest BCUT2D eigenvalue weighted by molar-refractivity contribution is 9.10. The van der Waals surface area contributed by atoms with Crippen molar-refractivity contribution in [2.24, 2.45) is 0 Å². The van der Waals surface area contributed by atoms with Gasteiger partial charge in [0.25, 0.3) is 5.91 Å². The fourth-order valence-electron chi connectivity index (χ4n) is 2.50. The SMILES string of the molecule is Cc1cc(NC(=O)c2ccnc(NCC3CCCO3)n2)ccc1Br. The van der Waals surface area contributed by atoms with Gasteiger partial charge in [-0.3, -0.25) is 4.79 Å². The molecule has 2 heterocycles. The number of aryl methyl sites for hydroxylation is 1. The Kier molecular flexibility index (Phi) is 5.42. The Labute approximate surface area is 149 Å². The van der Waals surface area contributed by atoms with Crippen LogP contribution in [0.4, 0.5) is 11.6 Å². The fraction of sp³-hybridized carbons (Fsp3) is 0.353. The second-order valence-corrected chi connectivity index (χ2v) is 6.55. The molecule has 3 rings (SSSR count). The first-order valence-corrected chi connectivity index (χ1v) is 8.67. The Morgan fingerprint density at radius 3 is 3.04 bits per heavy atom. The van der Waals surface area contributed by atoms with Crippen LogP contribution in [-0.4, -0.2) is 35.1 Å². The Morgan fingerprint density at radius 2 is 2.29 bits per heavy atom. The number of amides is 1. The second-order valence-electron chi connectivity index (χ2n) is 5.70. The van der Waals surface area contributed by atoms with Gasteiger partial charge in [0, 0.05) is 29.5 Å². The summed E-state index contributed by atoms with van der Waals surface area (Å²) < 4.78 is 6.55. The predicted octanol–water partition coefficient (Wildman–Crippen LogP) is 3.39. The van der Waals surface area contributed by atoms with Crippen molar-refractivity contribution in [1.29, 1.82) is 0 Å². The Balaban J connectivity index is 1.63. The third kappa shape index (κ3) is 4.30. The molecule has 0 radical (unpaired) electrons. The molecule has 6 nitrogen and oxygen atoms in total. The molecular weight excluding hydrogens is 372 g/mol. The molecule has 1 saturated heterocycles. The van der Waals surface area contributed by atoms with Crippen molar-refractivity contribution in [3.63, 3.8) is 0 Å². The average Bonchev–Trinajstić information content (AvgIpc) is 3.10. The first-order valence-electron chi connectivity index (χ1n) is 7.88. The smallest absolute Gasteiger partial charge is 0.274 e. The summed E-state index contributed by atoms with van der Waals surface area (Å²) in [4.78, 5) is 20.8. The zero-order chi connectivity index (χ0) is 16.9. The van der Waals surface area contributed by atoms with E-state index >= 15 is 0 Å². The Bertz CT molecular complexity index is 732. The number of aromatic nitrogens is 2. The van der Waals surface area contributed by atoms with Gasteiger partial charge in [-0.1, -0.05) is 15.9 Å². The zero-order valence-electron chi connectivity index (χ0n) is 13.4. The first-order chi connectivity index (χ1) is 11.6. The van der Waals surface area contributed by atoms with E-state index in [1.165, 1.54) is 0 Å². The van der Waals surface area contributed by atoms with Crippen molar-refractivity contribution in [3.05, 3.63) is 46.2 Å². The first kappa shape index (κ1) is 16.9. The topological polar surface area (TPSA) is 76.1 Å². The summed E-state index contributed by atoms with van der Waals surface area (Å²) in [5.74, 6) is 0.171. The third-order valence-corrected chi connectivity index (χ3v) is 4.71. The zero-order valence-corrected chi connectivity index (χ0v) is 15.0. The van der Waals surface area contributed by atoms with Crippen LogP contribution >= 0.6 is 15.9 Å². The van der Waals surface area contributed by atoms with E-state index in [1.807, 2.05) is 25.1 Å². The van der Waals surface area contributed by atoms with Crippen molar-refractivity contribution >= 4 is 33.5 Å². The highest BCUT2D eigenvalue weighted by atomic mass is 79.9. The number of anilines is 2. The maximum absolute atomic E-state index is 12.4. The largest absolute Gasteiger partial charge is 0.376 e. The molecule has 1 fully saturated rings. The van der Waals surface area contributed by atoms with Gasteiger partial charge in [0.05, 0.1) is 6.10 Å². The minimum atomic E-state index is -0.265. The van der Waals surface area contributed by atoms with Gasteiger partial charge in [-0.25, -0.2) is 9.97 Å². The van der Waals surface area contributed by atoms with Crippen molar-refractivity contribution in [3.8, 4) is 0 Å². The molecule has 1 amide bonds. The number of carbonyl (C=O) groups excluding carboxylic acids is 1. The van der Waals surface area contributed by atoms with Crippen LogP contribution in [0.5, 0.6) is 0 Å². The summed E-state index contributed by atoms with van der Waals surface area (Å²) >= 11 is 3.44. The van der Waals surface area contributed by atoms with Gasteiger partial charge < -0.3 is 15.4 Å². The van der Waals surface area contributed by atoms with Crippen LogP contribution in [0.15, 0.2) is 34.9 Å². The minimum absolute atomic E-state index is 0.192. The van der Waals surface area contributed by atoms with Gasteiger partial charge in [-0.2, -0.15) is 0 Å². The molecule has 0 saturated carbocycles. The fourth-order valence-corrected chi connectivity index (χ4v) is 2.74. The number of carbonyl (C=O) groups is 1. The molecule has 2 N–H and O–H groups in total. The predicted molar refractivity (Wildman–Crippen MR) is 96.3 cm³/mol. The normalized spacial score (nSPS) is 16.8. The number of hydrogen-bond donors (Lipinski definition) is 2. The second kappa shape index (κ2) is 7.72. The van der Waals surface area contributed by atoms with Crippen molar-refractivity contribution in [2.45, 2.75) is 25.9 Å². The molecule has 2 aromatic rings. The van der Waals surface area contributed by atoms with Gasteiger partial charge in [0.2, 0.25) is 5.95 Å². The lowest BCUT2D eigenvalue weighted by Crippen LogP contribution is -2.21. The highest BCUT2D eigenvalue weighted by Crippen LogP contribution is 2.20. The molecule has 7 heteroatoms. The minimum Gasteiger partial charge on any atom is -0.376 e. The maximum Gasteiger partial charge on any atom is 0.274 e. The number of nitrogens with one attached hydrogen (secondary N) is 2. The molecule has 1 aromatic carbocycles. The molecule has 1 atom stereocenters. The van der Waals surface area contributed by atoms with E-state index in [-0.39, 0.29) is 12.0 Å². The number of hydrogen-bond acceptors (Lipinski definition) is 5. The number of benzene rings is 1. The molecule has 0 aliphatic carbocycles. The summed E-state index contributed by atoms with van der Waals surface area (Å²) in [6, 6.07) is 7.24. The summed E-state index contributed by atoms with van der Waals surface area (Å²) in [5, 5.41) is 5.98. The van der Waals surface area contributed by atoms with Gasteiger partial charge >= 0.3 is 0 Å². The van der Waals surface area contributed by atoms with E-state index in [0.717, 1.165) is 35.2 Å². The van der Waals surface area contributed by atoms with Gasteiger partial charge in [-0.15, -0.1) is 0 Å². The van der Waals surface area contributed by atoms with Crippen LogP contribution in [-0.2, 0) is 4.74 Å². The summed E-state index contributed by atoms with van der Waals surface area (Å²) in [6.45, 7) is 3.43. The molecule has 0 bridgehead atoms. The molecular formula is C17H19BrN4O2. The molecule has 126 valence electrons. The van der Waals surface area contributed by atoms with Crippen LogP contribution in [0, 0.1) is 6.92 Å². The standard InChI is InChI=1S/C17H19BrN4O2/c1-11-9-12(4-5-14(11)18)21-16(23)15-6-7-19-17(22-15)20-10-13-3-2-8-24-13/h4-7,9,13H,2-3,8,10H2,1H3,(H,21,23)(H,19,20,22). The van der Waals surface area contributed by atoms with Crippen LogP contribution in [0.3, 0.4) is 0 Å². The monoisotopic (exact) mass is 390 g/mol. The lowest BCUT2D eigenvalue weighted by atomic mass is 10.2. The van der Waals surface area contributed by atoms with Gasteiger partial charge in [0.15, 0.2) is 0 Å². The van der Waals surface area contributed by atoms with E-state index in [1.54, 1.807) is 12.3 Å². The summed E-state index contributed by atoms with van der Waals surface area (Å²) in [7, 11) is 0. The van der Waals surface area contributed by atoms with E-state index < -0.39 is 0 Å². The van der Waals surface area contributed by atoms with Crippen molar-refractivity contribution < 1.29 is 9.53 Å². The maximum atomic E-state index is 12.4. The Morgan fingerprint density at radius 1 is 1.42 bits per heavy atom. The number of ether oxygens (including phenoxy) is 1. The van der Waals surface area contributed by atoms with E-state index in [0.29, 0.717) is 18.2 Å². The van der Waals surface area contributed by atoms with E-state index in [2.05, 4.69) is 36.5 Å². The quantitative estimate of drug-likeness (QED) is 0.817. The van der Waals surface area contributed by atoms with Crippen LogP contribution in [0.1, 0.15) is 28.9 Å². The van der Waals surface area contributed by atoms with Crippen molar-refractivity contribution in [2.75, 3.05) is 23.8 Å². The lowest BCUT2D eigenvalue weighted by Gasteiger charge is -2.11. The average molecular weight is 391 g/mol. The third-order valence-electron chi connectivity index (χ3n) is 3.82. The van der Waals surface area contributed by atoms with Gasteiger partial charge in [0.1, 0.15) is 5.69 Å². The van der Waals surface area contributed by atoms with Crippen LogP contribution in [0.25, 0.3) is 0 Å². The number of nitrogens with zero attached hydrogens (tertiary/aromatic N) is 2. The van der Waals surface area contributed by atoms with Crippen molar-refractivity contribution in [1.82, 2.24) is 9.97 Å².